The number of carbonyl (C=O) groups is 1. The van der Waals surface area contributed by atoms with E-state index in [4.69, 9.17) is 4.74 Å². The molecule has 7 heteroatoms. The van der Waals surface area contributed by atoms with Gasteiger partial charge in [0.1, 0.15) is 11.3 Å². The van der Waals surface area contributed by atoms with E-state index in [0.717, 1.165) is 29.5 Å². The topological polar surface area (TPSA) is 65.3 Å². The third-order valence-electron chi connectivity index (χ3n) is 8.77. The number of rotatable bonds is 10. The lowest BCUT2D eigenvalue weighted by Crippen LogP contribution is -2.47. The van der Waals surface area contributed by atoms with Crippen LogP contribution in [0, 0.1) is 11.7 Å². The average molecular weight is 612 g/mol. The lowest BCUT2D eigenvalue weighted by Gasteiger charge is -2.37. The van der Waals surface area contributed by atoms with E-state index in [0.29, 0.717) is 11.2 Å². The maximum absolute atomic E-state index is 15.3. The molecular formula is C39H34FN3O3. The van der Waals surface area contributed by atoms with Crippen LogP contribution in [-0.4, -0.2) is 21.6 Å². The van der Waals surface area contributed by atoms with Crippen LogP contribution in [-0.2, 0) is 10.3 Å². The summed E-state index contributed by atoms with van der Waals surface area (Å²) in [4.78, 5) is 27.5. The van der Waals surface area contributed by atoms with E-state index in [1.807, 2.05) is 61.5 Å². The summed E-state index contributed by atoms with van der Waals surface area (Å²) < 4.78 is 24.3. The van der Waals surface area contributed by atoms with Gasteiger partial charge in [-0.2, -0.15) is 0 Å². The lowest BCUT2D eigenvalue weighted by atomic mass is 9.76. The van der Waals surface area contributed by atoms with Gasteiger partial charge in [-0.15, -0.1) is 0 Å². The second-order valence-electron chi connectivity index (χ2n) is 11.8. The minimum atomic E-state index is -0.744. The number of fused-ring (bicyclic) bond motifs is 1. The first kappa shape index (κ1) is 29.4. The number of hydrogen-bond acceptors (Lipinski definition) is 4. The van der Waals surface area contributed by atoms with E-state index in [1.165, 1.54) is 10.6 Å². The Labute approximate surface area is 266 Å². The fraction of sp³-hybridized carbons (Fsp3) is 0.179. The number of carbonyl (C=O) groups excluding carboxylic acids is 1. The molecule has 0 unspecified atom stereocenters. The van der Waals surface area contributed by atoms with Crippen molar-refractivity contribution < 1.29 is 13.9 Å². The Balaban J connectivity index is 1.22. The molecule has 0 spiro atoms. The Bertz CT molecular complexity index is 1950. The highest BCUT2D eigenvalue weighted by Gasteiger charge is 2.37. The van der Waals surface area contributed by atoms with Crippen molar-refractivity contribution in [2.45, 2.75) is 31.3 Å². The van der Waals surface area contributed by atoms with Crippen LogP contribution in [0.3, 0.4) is 0 Å². The molecule has 5 aromatic carbocycles. The number of ether oxygens (including phenoxy) is 1. The number of halogens is 1. The van der Waals surface area contributed by atoms with Gasteiger partial charge in [-0.1, -0.05) is 116 Å². The van der Waals surface area contributed by atoms with Crippen molar-refractivity contribution in [1.82, 2.24) is 14.5 Å². The Morgan fingerprint density at radius 2 is 1.35 bits per heavy atom. The molecule has 1 atom stereocenters. The second kappa shape index (κ2) is 12.3. The molecule has 7 rings (SSSR count). The molecule has 1 saturated carbocycles. The second-order valence-corrected chi connectivity index (χ2v) is 11.8. The quantitative estimate of drug-likeness (QED) is 0.0997. The highest BCUT2D eigenvalue weighted by molar-refractivity contribution is 5.81. The predicted molar refractivity (Wildman–Crippen MR) is 178 cm³/mol. The van der Waals surface area contributed by atoms with Crippen molar-refractivity contribution in [2.75, 3.05) is 6.54 Å². The van der Waals surface area contributed by atoms with Crippen LogP contribution in [0.25, 0.3) is 16.7 Å². The summed E-state index contributed by atoms with van der Waals surface area (Å²) in [6, 6.07) is 42.1. The molecule has 1 fully saturated rings. The van der Waals surface area contributed by atoms with Crippen LogP contribution in [0.15, 0.2) is 138 Å². The maximum atomic E-state index is 15.3. The van der Waals surface area contributed by atoms with Crippen LogP contribution in [0.2, 0.25) is 0 Å². The summed E-state index contributed by atoms with van der Waals surface area (Å²) in [6.45, 7) is 2.10. The predicted octanol–water partition coefficient (Wildman–Crippen LogP) is 7.39. The monoisotopic (exact) mass is 611 g/mol. The van der Waals surface area contributed by atoms with Gasteiger partial charge < -0.3 is 4.74 Å². The first-order valence-electron chi connectivity index (χ1n) is 15.6. The van der Waals surface area contributed by atoms with Crippen LogP contribution in [0.1, 0.15) is 42.5 Å². The zero-order chi connectivity index (χ0) is 31.7. The van der Waals surface area contributed by atoms with E-state index < -0.39 is 23.2 Å². The van der Waals surface area contributed by atoms with Gasteiger partial charge in [-0.25, -0.2) is 9.18 Å². The fourth-order valence-corrected chi connectivity index (χ4v) is 6.33. The highest BCUT2D eigenvalue weighted by atomic mass is 19.1. The summed E-state index contributed by atoms with van der Waals surface area (Å²) in [5.74, 6) is -1.36. The number of para-hydroxylation sites is 3. The largest absolute Gasteiger partial charge is 0.424 e. The van der Waals surface area contributed by atoms with E-state index in [9.17, 15) is 9.59 Å². The lowest BCUT2D eigenvalue weighted by molar-refractivity contribution is -0.138. The molecule has 0 radical (unpaired) electrons. The molecular weight excluding hydrogens is 577 g/mol. The van der Waals surface area contributed by atoms with Gasteiger partial charge in [0.15, 0.2) is 5.75 Å². The number of nitrogens with zero attached hydrogens (tertiary/aromatic N) is 2. The van der Waals surface area contributed by atoms with Crippen molar-refractivity contribution in [3.8, 4) is 11.4 Å². The van der Waals surface area contributed by atoms with Crippen LogP contribution >= 0.6 is 0 Å². The molecule has 0 saturated heterocycles. The molecule has 0 bridgehead atoms. The van der Waals surface area contributed by atoms with Crippen molar-refractivity contribution in [1.29, 1.82) is 0 Å². The van der Waals surface area contributed by atoms with E-state index >= 15 is 4.39 Å². The first-order chi connectivity index (χ1) is 22.5. The Morgan fingerprint density at radius 1 is 0.804 bits per heavy atom. The van der Waals surface area contributed by atoms with Crippen LogP contribution in [0.4, 0.5) is 4.39 Å². The number of aromatic nitrogens is 2. The third kappa shape index (κ3) is 5.22. The number of benzene rings is 5. The summed E-state index contributed by atoms with van der Waals surface area (Å²) in [5.41, 5.74) is 3.04. The molecule has 6 nitrogen and oxygen atoms in total. The maximum Gasteiger partial charge on any atom is 0.334 e. The van der Waals surface area contributed by atoms with Gasteiger partial charge in [0.05, 0.1) is 22.7 Å². The summed E-state index contributed by atoms with van der Waals surface area (Å²) in [5, 5.41) is 3.75. The molecule has 1 aromatic heterocycles. The Morgan fingerprint density at radius 3 is 1.91 bits per heavy atom. The average Bonchev–Trinajstić information content (AvgIpc) is 3.89. The number of nitrogens with one attached hydrogen (secondary N) is 1. The van der Waals surface area contributed by atoms with Crippen molar-refractivity contribution >= 4 is 17.0 Å². The van der Waals surface area contributed by atoms with E-state index in [-0.39, 0.29) is 29.5 Å². The minimum absolute atomic E-state index is 0.0398. The normalized spacial score (nSPS) is 13.9. The van der Waals surface area contributed by atoms with Gasteiger partial charge in [0, 0.05) is 12.6 Å². The fourth-order valence-electron chi connectivity index (χ4n) is 6.33. The Kier molecular flexibility index (Phi) is 7.84. The molecule has 1 N–H and O–H groups in total. The zero-order valence-electron chi connectivity index (χ0n) is 25.5. The molecule has 6 aromatic rings. The summed E-state index contributed by atoms with van der Waals surface area (Å²) >= 11 is 0. The van der Waals surface area contributed by atoms with Gasteiger partial charge in [-0.3, -0.25) is 19.2 Å². The summed E-state index contributed by atoms with van der Waals surface area (Å²) in [7, 11) is 0. The van der Waals surface area contributed by atoms with Crippen molar-refractivity contribution in [2.24, 2.45) is 5.92 Å². The van der Waals surface area contributed by atoms with Crippen LogP contribution in [0.5, 0.6) is 5.75 Å². The van der Waals surface area contributed by atoms with Gasteiger partial charge in [0.25, 0.3) is 0 Å². The molecule has 230 valence electrons. The van der Waals surface area contributed by atoms with E-state index in [2.05, 4.69) is 41.7 Å². The Hall–Kier alpha value is -5.27. The van der Waals surface area contributed by atoms with Gasteiger partial charge in [0.2, 0.25) is 0 Å². The number of hydrogen-bond donors (Lipinski definition) is 1. The van der Waals surface area contributed by atoms with Crippen LogP contribution < -0.4 is 15.7 Å². The zero-order valence-corrected chi connectivity index (χ0v) is 25.5. The molecule has 0 aliphatic heterocycles. The van der Waals surface area contributed by atoms with Gasteiger partial charge in [-0.05, 0) is 53.8 Å². The summed E-state index contributed by atoms with van der Waals surface area (Å²) in [6.07, 6.45) is 1.74. The standard InChI is InChI=1S/C39H34FN3O3/c1-27(26-41-39(28-14-5-2-6-15-28,29-16-7-3-8-17-29)30-18-9-4-10-19-30)37(44)46-35-23-12-11-21-33(35)43-36-32(40)20-13-22-34(36)42(38(43)45)31-24-25-31/h2-23,27,31,41H,24-26H2,1H3/t27-/m0/s1. The first-order valence-corrected chi connectivity index (χ1v) is 15.6. The van der Waals surface area contributed by atoms with Crippen molar-refractivity contribution in [3.05, 3.63) is 166 Å². The van der Waals surface area contributed by atoms with E-state index in [1.54, 1.807) is 41.0 Å². The molecule has 1 aliphatic carbocycles. The minimum Gasteiger partial charge on any atom is -0.424 e. The number of esters is 1. The van der Waals surface area contributed by atoms with Crippen molar-refractivity contribution in [3.63, 3.8) is 0 Å². The smallest absolute Gasteiger partial charge is 0.334 e. The molecule has 1 heterocycles. The molecule has 46 heavy (non-hydrogen) atoms. The third-order valence-corrected chi connectivity index (χ3v) is 8.77. The SMILES string of the molecule is C[C@@H](CNC(c1ccccc1)(c1ccccc1)c1ccccc1)C(=O)Oc1ccccc1-n1c(=O)n(C2CC2)c2cccc(F)c21. The highest BCUT2D eigenvalue weighted by Crippen LogP contribution is 2.39. The number of imidazole rings is 1. The molecule has 0 amide bonds. The van der Waals surface area contributed by atoms with Gasteiger partial charge >= 0.3 is 11.7 Å². The molecule has 1 aliphatic rings.